The van der Waals surface area contributed by atoms with E-state index in [1.807, 2.05) is 6.07 Å². The van der Waals surface area contributed by atoms with Gasteiger partial charge in [0.05, 0.1) is 18.8 Å². The van der Waals surface area contributed by atoms with Crippen molar-refractivity contribution in [3.8, 4) is 5.75 Å². The molecule has 2 aromatic carbocycles. The lowest BCUT2D eigenvalue weighted by Crippen LogP contribution is -2.49. The molecule has 2 aromatic rings. The Balaban J connectivity index is 1.52. The topological polar surface area (TPSA) is 54.0 Å². The van der Waals surface area contributed by atoms with Gasteiger partial charge in [0, 0.05) is 50.9 Å². The van der Waals surface area contributed by atoms with E-state index in [0.29, 0.717) is 45.4 Å². The number of hydrogen-bond donors (Lipinski definition) is 1. The highest BCUT2D eigenvalue weighted by Crippen LogP contribution is 2.32. The number of amides is 1. The third kappa shape index (κ3) is 7.71. The van der Waals surface area contributed by atoms with Gasteiger partial charge in [-0.25, -0.2) is 0 Å². The van der Waals surface area contributed by atoms with Crippen LogP contribution in [-0.2, 0) is 10.9 Å². The molecule has 1 N–H and O–H groups in total. The highest BCUT2D eigenvalue weighted by Gasteiger charge is 2.31. The summed E-state index contributed by atoms with van der Waals surface area (Å²) in [6, 6.07) is 9.09. The maximum atomic E-state index is 12.8. The van der Waals surface area contributed by atoms with Crippen LogP contribution in [0.25, 0.3) is 0 Å². The van der Waals surface area contributed by atoms with E-state index in [1.165, 1.54) is 23.3 Å². The van der Waals surface area contributed by atoms with Gasteiger partial charge < -0.3 is 19.7 Å². The molecule has 0 radical (unpaired) electrons. The van der Waals surface area contributed by atoms with Gasteiger partial charge in [0.25, 0.3) is 5.91 Å². The Labute approximate surface area is 224 Å². The van der Waals surface area contributed by atoms with Crippen LogP contribution in [0.2, 0.25) is 0 Å². The maximum Gasteiger partial charge on any atom is 0.416 e. The highest BCUT2D eigenvalue weighted by atomic mass is 19.4. The van der Waals surface area contributed by atoms with Crippen molar-refractivity contribution >= 4 is 5.91 Å². The molecule has 1 amide bonds. The molecular formula is C29H40F3N3O3. The maximum absolute atomic E-state index is 12.8. The van der Waals surface area contributed by atoms with Crippen LogP contribution in [-0.4, -0.2) is 74.8 Å². The molecule has 0 aromatic heterocycles. The molecule has 1 heterocycles. The van der Waals surface area contributed by atoms with Gasteiger partial charge in [-0.15, -0.1) is 0 Å². The number of piperazine rings is 1. The predicted octanol–water partition coefficient (Wildman–Crippen LogP) is 5.23. The van der Waals surface area contributed by atoms with Crippen molar-refractivity contribution in [2.24, 2.45) is 0 Å². The van der Waals surface area contributed by atoms with Crippen LogP contribution in [0.4, 0.5) is 13.2 Å². The second kappa shape index (κ2) is 13.4. The van der Waals surface area contributed by atoms with Crippen molar-refractivity contribution in [3.63, 3.8) is 0 Å². The summed E-state index contributed by atoms with van der Waals surface area (Å²) in [6.45, 7) is 13.1. The number of carbonyl (C=O) groups is 1. The van der Waals surface area contributed by atoms with Crippen molar-refractivity contribution in [3.05, 3.63) is 64.2 Å². The predicted molar refractivity (Wildman–Crippen MR) is 143 cm³/mol. The number of nitrogens with one attached hydrogen (secondary N) is 1. The third-order valence-electron chi connectivity index (χ3n) is 7.33. The monoisotopic (exact) mass is 535 g/mol. The number of rotatable bonds is 11. The lowest BCUT2D eigenvalue weighted by Gasteiger charge is -2.39. The largest absolute Gasteiger partial charge is 0.493 e. The number of halogens is 3. The molecule has 9 heteroatoms. The van der Waals surface area contributed by atoms with Crippen LogP contribution < -0.4 is 10.1 Å². The first-order valence-corrected chi connectivity index (χ1v) is 13.2. The Morgan fingerprint density at radius 2 is 1.66 bits per heavy atom. The normalized spacial score (nSPS) is 16.4. The van der Waals surface area contributed by atoms with Crippen LogP contribution in [0.3, 0.4) is 0 Å². The minimum atomic E-state index is -4.41. The Hall–Kier alpha value is -2.62. The van der Waals surface area contributed by atoms with E-state index in [2.05, 4.69) is 44.0 Å². The van der Waals surface area contributed by atoms with Crippen LogP contribution >= 0.6 is 0 Å². The highest BCUT2D eigenvalue weighted by molar-refractivity contribution is 5.94. The molecule has 0 spiro atoms. The van der Waals surface area contributed by atoms with Crippen molar-refractivity contribution < 1.29 is 27.4 Å². The molecule has 0 saturated carbocycles. The summed E-state index contributed by atoms with van der Waals surface area (Å²) in [6.07, 6.45) is -3.51. The van der Waals surface area contributed by atoms with Crippen LogP contribution in [0.15, 0.2) is 36.4 Å². The Kier molecular flexibility index (Phi) is 10.6. The molecule has 0 aliphatic carbocycles. The summed E-state index contributed by atoms with van der Waals surface area (Å²) < 4.78 is 49.7. The van der Waals surface area contributed by atoms with E-state index >= 15 is 0 Å². The Morgan fingerprint density at radius 1 is 1.00 bits per heavy atom. The zero-order chi connectivity index (χ0) is 27.9. The fourth-order valence-electron chi connectivity index (χ4n) is 4.83. The summed E-state index contributed by atoms with van der Waals surface area (Å²) in [5.74, 6) is 0.665. The first-order valence-electron chi connectivity index (χ1n) is 13.2. The van der Waals surface area contributed by atoms with Crippen LogP contribution in [0, 0.1) is 13.8 Å². The molecule has 210 valence electrons. The molecule has 1 aliphatic heterocycles. The van der Waals surface area contributed by atoms with E-state index in [0.717, 1.165) is 36.4 Å². The molecule has 6 nitrogen and oxygen atoms in total. The van der Waals surface area contributed by atoms with E-state index in [-0.39, 0.29) is 17.5 Å². The van der Waals surface area contributed by atoms with E-state index in [1.54, 1.807) is 12.0 Å². The summed E-state index contributed by atoms with van der Waals surface area (Å²) in [5.41, 5.74) is 3.09. The van der Waals surface area contributed by atoms with Crippen molar-refractivity contribution in [1.29, 1.82) is 0 Å². The van der Waals surface area contributed by atoms with Gasteiger partial charge in [0.2, 0.25) is 0 Å². The first-order chi connectivity index (χ1) is 18.0. The first kappa shape index (κ1) is 29.9. The smallest absolute Gasteiger partial charge is 0.416 e. The van der Waals surface area contributed by atoms with Crippen molar-refractivity contribution in [2.75, 3.05) is 53.0 Å². The summed E-state index contributed by atoms with van der Waals surface area (Å²) >= 11 is 0. The van der Waals surface area contributed by atoms with Gasteiger partial charge in [0.15, 0.2) is 0 Å². The molecular weight excluding hydrogens is 495 g/mol. The number of alkyl halides is 3. The van der Waals surface area contributed by atoms with Gasteiger partial charge in [-0.1, -0.05) is 6.07 Å². The Bertz CT molecular complexity index is 1050. The molecule has 1 aliphatic rings. The number of ether oxygens (including phenoxy) is 2. The SMILES string of the molecule is COCC(C)NCCCOc1ccc(C(C)N2CCN(C(=O)c3ccc(C(F)(F)F)cc3)CC2)c(C)c1C. The zero-order valence-corrected chi connectivity index (χ0v) is 23.0. The minimum absolute atomic E-state index is 0.164. The minimum Gasteiger partial charge on any atom is -0.493 e. The number of methoxy groups -OCH3 is 1. The van der Waals surface area contributed by atoms with Crippen molar-refractivity contribution in [2.45, 2.75) is 52.4 Å². The number of hydrogen-bond acceptors (Lipinski definition) is 5. The number of carbonyl (C=O) groups excluding carboxylic acids is 1. The van der Waals surface area contributed by atoms with E-state index < -0.39 is 11.7 Å². The van der Waals surface area contributed by atoms with Crippen LogP contribution in [0.1, 0.15) is 58.9 Å². The fraction of sp³-hybridized carbons (Fsp3) is 0.552. The summed E-state index contributed by atoms with van der Waals surface area (Å²) in [5, 5.41) is 3.41. The standard InChI is InChI=1S/C29H40F3N3O3/c1-20(19-37-5)33-13-6-18-38-27-12-11-26(21(2)22(27)3)23(4)34-14-16-35(17-15-34)28(36)24-7-9-25(10-8-24)29(30,31)32/h7-12,20,23,33H,6,13-19H2,1-5H3. The average molecular weight is 536 g/mol. The lowest BCUT2D eigenvalue weighted by molar-refractivity contribution is -0.137. The van der Waals surface area contributed by atoms with Gasteiger partial charge in [-0.3, -0.25) is 9.69 Å². The van der Waals surface area contributed by atoms with E-state index in [9.17, 15) is 18.0 Å². The number of benzene rings is 2. The van der Waals surface area contributed by atoms with Crippen molar-refractivity contribution in [1.82, 2.24) is 15.1 Å². The summed E-state index contributed by atoms with van der Waals surface area (Å²) in [4.78, 5) is 16.9. The molecule has 38 heavy (non-hydrogen) atoms. The molecule has 3 rings (SSSR count). The lowest BCUT2D eigenvalue weighted by atomic mass is 9.96. The third-order valence-corrected chi connectivity index (χ3v) is 7.33. The average Bonchev–Trinajstić information content (AvgIpc) is 2.90. The second-order valence-electron chi connectivity index (χ2n) is 9.99. The van der Waals surface area contributed by atoms with Gasteiger partial charge in [0.1, 0.15) is 5.75 Å². The number of nitrogens with zero attached hydrogens (tertiary/aromatic N) is 2. The van der Waals surface area contributed by atoms with Gasteiger partial charge in [-0.05, 0) is 87.7 Å². The Morgan fingerprint density at radius 3 is 2.26 bits per heavy atom. The quantitative estimate of drug-likeness (QED) is 0.399. The summed E-state index contributed by atoms with van der Waals surface area (Å²) in [7, 11) is 1.70. The molecule has 1 saturated heterocycles. The zero-order valence-electron chi connectivity index (χ0n) is 23.0. The second-order valence-corrected chi connectivity index (χ2v) is 9.99. The molecule has 2 atom stereocenters. The van der Waals surface area contributed by atoms with Crippen LogP contribution in [0.5, 0.6) is 5.75 Å². The fourth-order valence-corrected chi connectivity index (χ4v) is 4.83. The van der Waals surface area contributed by atoms with Gasteiger partial charge in [-0.2, -0.15) is 13.2 Å². The van der Waals surface area contributed by atoms with Gasteiger partial charge >= 0.3 is 6.18 Å². The molecule has 2 unspecified atom stereocenters. The molecule has 1 fully saturated rings. The molecule has 0 bridgehead atoms. The van der Waals surface area contributed by atoms with E-state index in [4.69, 9.17) is 9.47 Å².